The van der Waals surface area contributed by atoms with Gasteiger partial charge in [-0.1, -0.05) is 11.8 Å². The van der Waals surface area contributed by atoms with Crippen LogP contribution in [0.1, 0.15) is 12.8 Å². The maximum Gasteiger partial charge on any atom is 0.320 e. The highest BCUT2D eigenvalue weighted by molar-refractivity contribution is 8.13. The third-order valence-corrected chi connectivity index (χ3v) is 2.01. The molecule has 0 radical (unpaired) electrons. The van der Waals surface area contributed by atoms with E-state index < -0.39 is 12.0 Å². The molecule has 0 aliphatic heterocycles. The molecule has 5 nitrogen and oxygen atoms in total. The van der Waals surface area contributed by atoms with E-state index in [4.69, 9.17) is 16.6 Å². The molecule has 0 aromatic rings. The molecule has 0 heterocycles. The Bertz CT molecular complexity index is 205. The summed E-state index contributed by atoms with van der Waals surface area (Å²) in [5, 5.41) is 8.96. The van der Waals surface area contributed by atoms with Crippen molar-refractivity contribution in [1.29, 1.82) is 0 Å². The van der Waals surface area contributed by atoms with E-state index >= 15 is 0 Å². The molecule has 0 aliphatic rings. The molecule has 0 fully saturated rings. The van der Waals surface area contributed by atoms with Crippen LogP contribution in [-0.2, 0) is 4.79 Å². The van der Waals surface area contributed by atoms with Gasteiger partial charge in [-0.05, 0) is 19.1 Å². The van der Waals surface area contributed by atoms with Crippen LogP contribution in [0.15, 0.2) is 4.99 Å². The Morgan fingerprint density at radius 1 is 1.53 bits per heavy atom. The zero-order valence-corrected chi connectivity index (χ0v) is 10.8. The molecule has 0 bridgehead atoms. The summed E-state index contributed by atoms with van der Waals surface area (Å²) in [7, 11) is 0. The van der Waals surface area contributed by atoms with Gasteiger partial charge in [-0.3, -0.25) is 9.79 Å². The van der Waals surface area contributed by atoms with E-state index in [1.807, 2.05) is 6.26 Å². The van der Waals surface area contributed by atoms with Gasteiger partial charge in [-0.2, -0.15) is 0 Å². The summed E-state index contributed by atoms with van der Waals surface area (Å²) in [6, 6.07) is -0.786. The number of carbonyl (C=O) groups is 1. The highest BCUT2D eigenvalue weighted by atomic mass is 35.5. The Balaban J connectivity index is -0.000000720. The number of aliphatic imine (C=N–C) groups is 1. The van der Waals surface area contributed by atoms with Gasteiger partial charge < -0.3 is 16.6 Å². The minimum atomic E-state index is -0.971. The second-order valence-corrected chi connectivity index (χ2v) is 3.34. The third kappa shape index (κ3) is 11.8. The van der Waals surface area contributed by atoms with Crippen LogP contribution in [0.3, 0.4) is 0 Å². The van der Waals surface area contributed by atoms with E-state index in [0.29, 0.717) is 24.6 Å². The number of carboxylic acids is 1. The van der Waals surface area contributed by atoms with Gasteiger partial charge in [0.25, 0.3) is 0 Å². The number of thioether (sulfide) groups is 1. The molecule has 0 saturated heterocycles. The fourth-order valence-corrected chi connectivity index (χ4v) is 0.909. The number of carboxylic acid groups (broad SMARTS) is 1. The number of nitrogens with two attached hydrogens (primary N) is 2. The SMILES string of the molecule is CSC(N)=NCCCC(N)C(=O)O.Cl.Cl. The molecular weight excluding hydrogens is 261 g/mol. The van der Waals surface area contributed by atoms with Crippen molar-refractivity contribution in [3.63, 3.8) is 0 Å². The Labute approximate surface area is 106 Å². The molecule has 0 aliphatic carbocycles. The average Bonchev–Trinajstić information content (AvgIpc) is 2.11. The van der Waals surface area contributed by atoms with Crippen molar-refractivity contribution < 1.29 is 9.90 Å². The van der Waals surface area contributed by atoms with Gasteiger partial charge in [0.1, 0.15) is 6.04 Å². The summed E-state index contributed by atoms with van der Waals surface area (Å²) in [4.78, 5) is 14.3. The first kappa shape index (κ1) is 20.3. The lowest BCUT2D eigenvalue weighted by atomic mass is 10.2. The molecule has 5 N–H and O–H groups in total. The standard InChI is InChI=1S/C7H15N3O2S.2ClH/c1-13-7(9)10-4-2-3-5(8)6(11)12;;/h5H,2-4,8H2,1H3,(H2,9,10)(H,11,12);2*1H. The minimum Gasteiger partial charge on any atom is -0.480 e. The second-order valence-electron chi connectivity index (χ2n) is 2.51. The van der Waals surface area contributed by atoms with Crippen molar-refractivity contribution in [2.45, 2.75) is 18.9 Å². The number of hydrogen-bond donors (Lipinski definition) is 3. The van der Waals surface area contributed by atoms with Crippen LogP contribution in [0.2, 0.25) is 0 Å². The Morgan fingerprint density at radius 3 is 2.47 bits per heavy atom. The van der Waals surface area contributed by atoms with Crippen molar-refractivity contribution in [1.82, 2.24) is 0 Å². The fourth-order valence-electron chi connectivity index (χ4n) is 0.688. The first-order valence-electron chi connectivity index (χ1n) is 3.90. The topological polar surface area (TPSA) is 102 Å². The van der Waals surface area contributed by atoms with E-state index in [-0.39, 0.29) is 24.8 Å². The third-order valence-electron chi connectivity index (χ3n) is 1.47. The molecule has 0 aromatic carbocycles. The molecule has 0 rings (SSSR count). The molecular formula is C7H17Cl2N3O2S. The summed E-state index contributed by atoms with van der Waals surface area (Å²) >= 11 is 1.37. The summed E-state index contributed by atoms with van der Waals surface area (Å²) in [6.07, 6.45) is 2.91. The van der Waals surface area contributed by atoms with Crippen LogP contribution in [0, 0.1) is 0 Å². The van der Waals surface area contributed by atoms with Crippen molar-refractivity contribution >= 4 is 47.7 Å². The number of nitrogens with zero attached hydrogens (tertiary/aromatic N) is 1. The Hall–Kier alpha value is -0.170. The number of hydrogen-bond acceptors (Lipinski definition) is 4. The van der Waals surface area contributed by atoms with Gasteiger partial charge in [0, 0.05) is 6.54 Å². The maximum atomic E-state index is 10.3. The molecule has 1 atom stereocenters. The quantitative estimate of drug-likeness (QED) is 0.390. The monoisotopic (exact) mass is 277 g/mol. The molecule has 15 heavy (non-hydrogen) atoms. The second kappa shape index (κ2) is 11.9. The van der Waals surface area contributed by atoms with Gasteiger partial charge >= 0.3 is 5.97 Å². The average molecular weight is 278 g/mol. The van der Waals surface area contributed by atoms with E-state index in [1.54, 1.807) is 0 Å². The lowest BCUT2D eigenvalue weighted by Crippen LogP contribution is -2.30. The maximum absolute atomic E-state index is 10.3. The number of aliphatic carboxylic acids is 1. The van der Waals surface area contributed by atoms with E-state index in [0.717, 1.165) is 0 Å². The van der Waals surface area contributed by atoms with Gasteiger partial charge in [0.2, 0.25) is 0 Å². The minimum absolute atomic E-state index is 0. The largest absolute Gasteiger partial charge is 0.480 e. The van der Waals surface area contributed by atoms with E-state index in [1.165, 1.54) is 11.8 Å². The van der Waals surface area contributed by atoms with Crippen molar-refractivity contribution in [3.05, 3.63) is 0 Å². The van der Waals surface area contributed by atoms with Crippen molar-refractivity contribution in [2.75, 3.05) is 12.8 Å². The highest BCUT2D eigenvalue weighted by Crippen LogP contribution is 1.97. The molecule has 8 heteroatoms. The van der Waals surface area contributed by atoms with Crippen molar-refractivity contribution in [3.8, 4) is 0 Å². The summed E-state index contributed by atoms with van der Waals surface area (Å²) < 4.78 is 0. The summed E-state index contributed by atoms with van der Waals surface area (Å²) in [6.45, 7) is 0.535. The summed E-state index contributed by atoms with van der Waals surface area (Å²) in [5.74, 6) is -0.971. The molecule has 0 amide bonds. The molecule has 0 saturated carbocycles. The van der Waals surface area contributed by atoms with Crippen LogP contribution in [-0.4, -0.2) is 35.1 Å². The Kier molecular flexibility index (Phi) is 16.1. The van der Waals surface area contributed by atoms with Crippen LogP contribution in [0.5, 0.6) is 0 Å². The van der Waals surface area contributed by atoms with E-state index in [9.17, 15) is 4.79 Å². The van der Waals surface area contributed by atoms with Crippen molar-refractivity contribution in [2.24, 2.45) is 16.5 Å². The van der Waals surface area contributed by atoms with E-state index in [2.05, 4.69) is 4.99 Å². The first-order valence-corrected chi connectivity index (χ1v) is 5.12. The number of amidine groups is 1. The Morgan fingerprint density at radius 2 is 2.07 bits per heavy atom. The predicted molar refractivity (Wildman–Crippen MR) is 69.3 cm³/mol. The smallest absolute Gasteiger partial charge is 0.320 e. The van der Waals surface area contributed by atoms with Gasteiger partial charge in [0.15, 0.2) is 5.17 Å². The van der Waals surface area contributed by atoms with Gasteiger partial charge in [-0.15, -0.1) is 24.8 Å². The predicted octanol–water partition coefficient (Wildman–Crippen LogP) is 0.700. The fraction of sp³-hybridized carbons (Fsp3) is 0.714. The van der Waals surface area contributed by atoms with Crippen LogP contribution in [0.25, 0.3) is 0 Å². The van der Waals surface area contributed by atoms with Gasteiger partial charge in [-0.25, -0.2) is 0 Å². The number of halogens is 2. The zero-order valence-electron chi connectivity index (χ0n) is 8.38. The first-order chi connectivity index (χ1) is 6.07. The van der Waals surface area contributed by atoms with Crippen LogP contribution >= 0.6 is 36.6 Å². The lowest BCUT2D eigenvalue weighted by Gasteiger charge is -2.03. The highest BCUT2D eigenvalue weighted by Gasteiger charge is 2.09. The molecule has 0 spiro atoms. The lowest BCUT2D eigenvalue weighted by molar-refractivity contribution is -0.138. The zero-order chi connectivity index (χ0) is 10.3. The summed E-state index contributed by atoms with van der Waals surface area (Å²) in [5.41, 5.74) is 10.7. The number of rotatable bonds is 5. The normalized spacial score (nSPS) is 12.3. The molecule has 92 valence electrons. The molecule has 1 unspecified atom stereocenters. The van der Waals surface area contributed by atoms with Gasteiger partial charge in [0.05, 0.1) is 0 Å². The van der Waals surface area contributed by atoms with Crippen LogP contribution in [0.4, 0.5) is 0 Å². The van der Waals surface area contributed by atoms with Crippen LogP contribution < -0.4 is 11.5 Å². The molecule has 0 aromatic heterocycles.